The maximum atomic E-state index is 12.1. The lowest BCUT2D eigenvalue weighted by Crippen LogP contribution is -2.35. The molecule has 2 aromatic rings. The zero-order chi connectivity index (χ0) is 18.3. The van der Waals surface area contributed by atoms with Crippen LogP contribution >= 0.6 is 11.6 Å². The summed E-state index contributed by atoms with van der Waals surface area (Å²) < 4.78 is 31.7. The second kappa shape index (κ2) is 8.84. The van der Waals surface area contributed by atoms with E-state index in [1.165, 1.54) is 12.1 Å². The number of amides is 1. The van der Waals surface area contributed by atoms with Gasteiger partial charge in [0.2, 0.25) is 15.9 Å². The van der Waals surface area contributed by atoms with Crippen LogP contribution in [0.3, 0.4) is 0 Å². The van der Waals surface area contributed by atoms with Crippen LogP contribution in [-0.2, 0) is 21.2 Å². The molecule has 0 aromatic heterocycles. The van der Waals surface area contributed by atoms with E-state index in [2.05, 4.69) is 10.0 Å². The third kappa shape index (κ3) is 6.04. The van der Waals surface area contributed by atoms with Gasteiger partial charge in [-0.2, -0.15) is 0 Å². The third-order valence-electron chi connectivity index (χ3n) is 3.34. The fourth-order valence-electron chi connectivity index (χ4n) is 2.14. The van der Waals surface area contributed by atoms with Crippen LogP contribution < -0.4 is 14.8 Å². The van der Waals surface area contributed by atoms with Crippen LogP contribution in [0.15, 0.2) is 53.4 Å². The maximum Gasteiger partial charge on any atom is 0.240 e. The highest BCUT2D eigenvalue weighted by molar-refractivity contribution is 7.89. The van der Waals surface area contributed by atoms with E-state index >= 15 is 0 Å². The molecule has 0 saturated heterocycles. The molecule has 0 atom stereocenters. The van der Waals surface area contributed by atoms with Crippen molar-refractivity contribution in [2.75, 3.05) is 20.2 Å². The molecule has 0 radical (unpaired) electrons. The van der Waals surface area contributed by atoms with Crippen molar-refractivity contribution >= 4 is 27.5 Å². The minimum Gasteiger partial charge on any atom is -0.497 e. The predicted molar refractivity (Wildman–Crippen MR) is 96.3 cm³/mol. The highest BCUT2D eigenvalue weighted by Crippen LogP contribution is 2.15. The first-order chi connectivity index (χ1) is 11.9. The highest BCUT2D eigenvalue weighted by Gasteiger charge is 2.13. The van der Waals surface area contributed by atoms with Gasteiger partial charge in [0.15, 0.2) is 0 Å². The van der Waals surface area contributed by atoms with Gasteiger partial charge >= 0.3 is 0 Å². The molecule has 0 aliphatic rings. The lowest BCUT2D eigenvalue weighted by molar-refractivity contribution is -0.120. The summed E-state index contributed by atoms with van der Waals surface area (Å²) in [4.78, 5) is 12.0. The van der Waals surface area contributed by atoms with Gasteiger partial charge in [-0.25, -0.2) is 13.1 Å². The lowest BCUT2D eigenvalue weighted by Gasteiger charge is -2.09. The molecule has 0 saturated carbocycles. The smallest absolute Gasteiger partial charge is 0.240 e. The fourth-order valence-corrected chi connectivity index (χ4v) is 3.47. The molecule has 0 aliphatic carbocycles. The predicted octanol–water partition coefficient (Wildman–Crippen LogP) is 1.99. The molecule has 2 N–H and O–H groups in total. The van der Waals surface area contributed by atoms with Gasteiger partial charge in [-0.15, -0.1) is 0 Å². The number of methoxy groups -OCH3 is 1. The number of sulfonamides is 1. The first kappa shape index (κ1) is 19.2. The van der Waals surface area contributed by atoms with Crippen LogP contribution in [-0.4, -0.2) is 34.5 Å². The largest absolute Gasteiger partial charge is 0.497 e. The number of benzene rings is 2. The average molecular weight is 383 g/mol. The van der Waals surface area contributed by atoms with Gasteiger partial charge < -0.3 is 10.1 Å². The standard InChI is InChI=1S/C17H19ClN2O4S/c1-24-15-6-2-4-13(10-15)11-17(21)19-8-9-20-25(22,23)16-7-3-5-14(18)12-16/h2-7,10,12,20H,8-9,11H2,1H3,(H,19,21). The van der Waals surface area contributed by atoms with Crippen LogP contribution in [0.5, 0.6) is 5.75 Å². The summed E-state index contributed by atoms with van der Waals surface area (Å²) in [6.07, 6.45) is 0.193. The molecule has 0 aliphatic heterocycles. The minimum absolute atomic E-state index is 0.0820. The number of hydrogen-bond donors (Lipinski definition) is 2. The third-order valence-corrected chi connectivity index (χ3v) is 5.04. The summed E-state index contributed by atoms with van der Waals surface area (Å²) in [5, 5.41) is 3.01. The molecule has 0 unspecified atom stereocenters. The number of carbonyl (C=O) groups is 1. The molecule has 0 heterocycles. The van der Waals surface area contributed by atoms with E-state index in [1.807, 2.05) is 6.07 Å². The average Bonchev–Trinajstić information content (AvgIpc) is 2.59. The van der Waals surface area contributed by atoms with E-state index in [9.17, 15) is 13.2 Å². The molecule has 6 nitrogen and oxygen atoms in total. The summed E-state index contributed by atoms with van der Waals surface area (Å²) in [5.74, 6) is 0.481. The summed E-state index contributed by atoms with van der Waals surface area (Å²) in [6, 6.07) is 13.2. The number of halogens is 1. The molecule has 0 fully saturated rings. The van der Waals surface area contributed by atoms with Gasteiger partial charge in [0.05, 0.1) is 18.4 Å². The highest BCUT2D eigenvalue weighted by atomic mass is 35.5. The van der Waals surface area contributed by atoms with Gasteiger partial charge in [0.1, 0.15) is 5.75 Å². The SMILES string of the molecule is COc1cccc(CC(=O)NCCNS(=O)(=O)c2cccc(Cl)c2)c1. The van der Waals surface area contributed by atoms with Gasteiger partial charge in [-0.1, -0.05) is 29.8 Å². The number of rotatable bonds is 8. The van der Waals surface area contributed by atoms with Crippen molar-refractivity contribution in [1.29, 1.82) is 0 Å². The number of ether oxygens (including phenoxy) is 1. The van der Waals surface area contributed by atoms with Crippen LogP contribution in [0.2, 0.25) is 5.02 Å². The van der Waals surface area contributed by atoms with Gasteiger partial charge in [0, 0.05) is 18.1 Å². The first-order valence-corrected chi connectivity index (χ1v) is 9.42. The van der Waals surface area contributed by atoms with Crippen LogP contribution in [0, 0.1) is 0 Å². The summed E-state index contributed by atoms with van der Waals surface area (Å²) >= 11 is 5.79. The summed E-state index contributed by atoms with van der Waals surface area (Å²) in [6.45, 7) is 0.265. The second-order valence-corrected chi connectivity index (χ2v) is 7.44. The van der Waals surface area contributed by atoms with Crippen LogP contribution in [0.4, 0.5) is 0 Å². The van der Waals surface area contributed by atoms with E-state index in [1.54, 1.807) is 37.4 Å². The Balaban J connectivity index is 1.79. The quantitative estimate of drug-likeness (QED) is 0.684. The van der Waals surface area contributed by atoms with Crippen molar-refractivity contribution in [2.24, 2.45) is 0 Å². The van der Waals surface area contributed by atoms with Gasteiger partial charge in [-0.3, -0.25) is 4.79 Å². The molecule has 2 aromatic carbocycles. The van der Waals surface area contributed by atoms with Gasteiger partial charge in [0.25, 0.3) is 0 Å². The van der Waals surface area contributed by atoms with Gasteiger partial charge in [-0.05, 0) is 35.9 Å². The Hall–Kier alpha value is -2.09. The Labute approximate surface area is 152 Å². The molecule has 0 spiro atoms. The molecule has 134 valence electrons. The minimum atomic E-state index is -3.65. The molecule has 2 rings (SSSR count). The van der Waals surface area contributed by atoms with Crippen LogP contribution in [0.1, 0.15) is 5.56 Å². The monoisotopic (exact) mass is 382 g/mol. The molecule has 0 bridgehead atoms. The van der Waals surface area contributed by atoms with Crippen molar-refractivity contribution in [3.63, 3.8) is 0 Å². The van der Waals surface area contributed by atoms with E-state index in [0.717, 1.165) is 5.56 Å². The zero-order valence-corrected chi connectivity index (χ0v) is 15.2. The molecular formula is C17H19ClN2O4S. The maximum absolute atomic E-state index is 12.1. The Kier molecular flexibility index (Phi) is 6.81. The molecular weight excluding hydrogens is 364 g/mol. The summed E-state index contributed by atoms with van der Waals surface area (Å²) in [7, 11) is -2.09. The van der Waals surface area contributed by atoms with Crippen LogP contribution in [0.25, 0.3) is 0 Å². The Bertz CT molecular complexity index is 840. The number of carbonyl (C=O) groups excluding carboxylic acids is 1. The first-order valence-electron chi connectivity index (χ1n) is 7.55. The van der Waals surface area contributed by atoms with Crippen molar-refractivity contribution < 1.29 is 17.9 Å². The molecule has 25 heavy (non-hydrogen) atoms. The van der Waals surface area contributed by atoms with E-state index < -0.39 is 10.0 Å². The lowest BCUT2D eigenvalue weighted by atomic mass is 10.1. The molecule has 1 amide bonds. The van der Waals surface area contributed by atoms with Crippen molar-refractivity contribution in [2.45, 2.75) is 11.3 Å². The number of nitrogens with one attached hydrogen (secondary N) is 2. The van der Waals surface area contributed by atoms with Crippen molar-refractivity contribution in [1.82, 2.24) is 10.0 Å². The Morgan fingerprint density at radius 2 is 1.88 bits per heavy atom. The molecule has 8 heteroatoms. The topological polar surface area (TPSA) is 84.5 Å². The van der Waals surface area contributed by atoms with E-state index in [-0.39, 0.29) is 30.3 Å². The van der Waals surface area contributed by atoms with E-state index in [4.69, 9.17) is 16.3 Å². The van der Waals surface area contributed by atoms with Crippen molar-refractivity contribution in [3.8, 4) is 5.75 Å². The van der Waals surface area contributed by atoms with E-state index in [0.29, 0.717) is 10.8 Å². The summed E-state index contributed by atoms with van der Waals surface area (Å²) in [5.41, 5.74) is 0.816. The zero-order valence-electron chi connectivity index (χ0n) is 13.7. The van der Waals surface area contributed by atoms with Crippen molar-refractivity contribution in [3.05, 3.63) is 59.1 Å². The Morgan fingerprint density at radius 1 is 1.12 bits per heavy atom. The normalized spacial score (nSPS) is 11.1. The fraction of sp³-hybridized carbons (Fsp3) is 0.235. The number of hydrogen-bond acceptors (Lipinski definition) is 4. The second-order valence-electron chi connectivity index (χ2n) is 5.23. The Morgan fingerprint density at radius 3 is 2.60 bits per heavy atom.